The number of carbonyl (C=O) groups excluding carboxylic acids is 1. The molecule has 0 fully saturated rings. The van der Waals surface area contributed by atoms with Crippen molar-refractivity contribution < 1.29 is 14.3 Å². The van der Waals surface area contributed by atoms with Gasteiger partial charge < -0.3 is 14.8 Å². The van der Waals surface area contributed by atoms with Crippen molar-refractivity contribution in [2.45, 2.75) is 33.1 Å². The Hall–Kier alpha value is -2.82. The first-order valence-electron chi connectivity index (χ1n) is 7.76. The lowest BCUT2D eigenvalue weighted by Gasteiger charge is -2.11. The summed E-state index contributed by atoms with van der Waals surface area (Å²) in [5, 5.41) is 12.9. The second kappa shape index (κ2) is 5.67. The zero-order valence-corrected chi connectivity index (χ0v) is 14.2. The minimum atomic E-state index is -0.288. The van der Waals surface area contributed by atoms with Crippen molar-refractivity contribution in [2.75, 3.05) is 5.32 Å². The highest BCUT2D eigenvalue weighted by atomic mass is 16.4. The lowest BCUT2D eigenvalue weighted by molar-refractivity contribution is 0.102. The SMILES string of the molecule is Cc1ccc(C(=O)Nc2cc3nc(C(C)(C)C)oc3cc2O)cc1. The number of rotatable bonds is 2. The van der Waals surface area contributed by atoms with Crippen LogP contribution in [0.1, 0.15) is 42.6 Å². The van der Waals surface area contributed by atoms with Gasteiger partial charge in [0.15, 0.2) is 5.58 Å². The highest BCUT2D eigenvalue weighted by Crippen LogP contribution is 2.32. The van der Waals surface area contributed by atoms with E-state index in [-0.39, 0.29) is 17.1 Å². The van der Waals surface area contributed by atoms with Gasteiger partial charge in [-0.1, -0.05) is 38.5 Å². The van der Waals surface area contributed by atoms with E-state index >= 15 is 0 Å². The van der Waals surface area contributed by atoms with Crippen LogP contribution in [-0.4, -0.2) is 16.0 Å². The third-order valence-electron chi connectivity index (χ3n) is 3.71. The third-order valence-corrected chi connectivity index (χ3v) is 3.71. The number of nitrogens with one attached hydrogen (secondary N) is 1. The number of anilines is 1. The molecule has 0 unspecified atom stereocenters. The Labute approximate surface area is 140 Å². The van der Waals surface area contributed by atoms with Gasteiger partial charge in [0.2, 0.25) is 5.89 Å². The molecule has 1 heterocycles. The molecule has 0 spiro atoms. The summed E-state index contributed by atoms with van der Waals surface area (Å²) < 4.78 is 5.69. The summed E-state index contributed by atoms with van der Waals surface area (Å²) in [5.41, 5.74) is 2.76. The minimum absolute atomic E-state index is 0.0560. The number of aromatic hydroxyl groups is 1. The number of aromatic nitrogens is 1. The highest BCUT2D eigenvalue weighted by Gasteiger charge is 2.22. The Kier molecular flexibility index (Phi) is 3.79. The summed E-state index contributed by atoms with van der Waals surface area (Å²) in [4.78, 5) is 16.8. The fraction of sp³-hybridized carbons (Fsp3) is 0.263. The van der Waals surface area contributed by atoms with Crippen LogP contribution in [0.15, 0.2) is 40.8 Å². The summed E-state index contributed by atoms with van der Waals surface area (Å²) >= 11 is 0. The van der Waals surface area contributed by atoms with Crippen LogP contribution in [0.4, 0.5) is 5.69 Å². The topological polar surface area (TPSA) is 75.4 Å². The van der Waals surface area contributed by atoms with E-state index in [1.807, 2.05) is 39.8 Å². The van der Waals surface area contributed by atoms with Crippen molar-refractivity contribution in [2.24, 2.45) is 0 Å². The second-order valence-corrected chi connectivity index (χ2v) is 6.93. The van der Waals surface area contributed by atoms with E-state index in [9.17, 15) is 9.90 Å². The molecule has 0 saturated carbocycles. The number of phenols is 1. The second-order valence-electron chi connectivity index (χ2n) is 6.93. The molecule has 0 aliphatic carbocycles. The zero-order valence-electron chi connectivity index (χ0n) is 14.2. The molecule has 2 aromatic carbocycles. The Morgan fingerprint density at radius 1 is 1.17 bits per heavy atom. The molecule has 1 aromatic heterocycles. The van der Waals surface area contributed by atoms with Gasteiger partial charge in [-0.3, -0.25) is 4.79 Å². The molecule has 0 aliphatic rings. The largest absolute Gasteiger partial charge is 0.506 e. The van der Waals surface area contributed by atoms with Crippen LogP contribution in [0, 0.1) is 6.92 Å². The normalized spacial score (nSPS) is 11.7. The van der Waals surface area contributed by atoms with Crippen molar-refractivity contribution in [3.05, 3.63) is 53.4 Å². The number of aryl methyl sites for hydroxylation is 1. The standard InChI is InChI=1S/C19H20N2O3/c1-11-5-7-12(8-6-11)17(23)20-13-9-14-16(10-15(13)22)24-18(21-14)19(2,3)4/h5-10,22H,1-4H3,(H,20,23). The third kappa shape index (κ3) is 3.11. The highest BCUT2D eigenvalue weighted by molar-refractivity contribution is 6.05. The lowest BCUT2D eigenvalue weighted by Crippen LogP contribution is -2.12. The number of fused-ring (bicyclic) bond motifs is 1. The van der Waals surface area contributed by atoms with E-state index in [0.717, 1.165) is 5.56 Å². The van der Waals surface area contributed by atoms with Gasteiger partial charge in [0.05, 0.1) is 5.69 Å². The molecule has 3 rings (SSSR count). The molecule has 24 heavy (non-hydrogen) atoms. The smallest absolute Gasteiger partial charge is 0.255 e. The molecular formula is C19H20N2O3. The van der Waals surface area contributed by atoms with Crippen molar-refractivity contribution in [3.8, 4) is 5.75 Å². The molecule has 3 aromatic rings. The maximum atomic E-state index is 12.3. The Balaban J connectivity index is 1.93. The quantitative estimate of drug-likeness (QED) is 0.685. The Morgan fingerprint density at radius 3 is 2.46 bits per heavy atom. The number of benzene rings is 2. The molecule has 5 heteroatoms. The monoisotopic (exact) mass is 324 g/mol. The van der Waals surface area contributed by atoms with E-state index in [0.29, 0.717) is 28.2 Å². The van der Waals surface area contributed by atoms with Crippen molar-refractivity contribution in [3.63, 3.8) is 0 Å². The van der Waals surface area contributed by atoms with Crippen LogP contribution in [0.25, 0.3) is 11.1 Å². The molecule has 2 N–H and O–H groups in total. The van der Waals surface area contributed by atoms with E-state index in [1.54, 1.807) is 18.2 Å². The summed E-state index contributed by atoms with van der Waals surface area (Å²) in [6.07, 6.45) is 0. The number of phenolic OH excluding ortho intramolecular Hbond substituents is 1. The van der Waals surface area contributed by atoms with Crippen LogP contribution in [0.2, 0.25) is 0 Å². The lowest BCUT2D eigenvalue weighted by atomic mass is 9.97. The first-order valence-corrected chi connectivity index (χ1v) is 7.76. The van der Waals surface area contributed by atoms with Crippen molar-refractivity contribution in [1.29, 1.82) is 0 Å². The Bertz CT molecular complexity index is 903. The van der Waals surface area contributed by atoms with Gasteiger partial charge in [0.1, 0.15) is 11.3 Å². The molecule has 0 aliphatic heterocycles. The van der Waals surface area contributed by atoms with Gasteiger partial charge in [0.25, 0.3) is 5.91 Å². The van der Waals surface area contributed by atoms with Crippen LogP contribution in [0.3, 0.4) is 0 Å². The molecule has 1 amide bonds. The van der Waals surface area contributed by atoms with Crippen LogP contribution in [0.5, 0.6) is 5.75 Å². The predicted molar refractivity (Wildman–Crippen MR) is 93.5 cm³/mol. The average Bonchev–Trinajstić information content (AvgIpc) is 2.91. The molecule has 5 nitrogen and oxygen atoms in total. The fourth-order valence-electron chi connectivity index (χ4n) is 2.28. The molecule has 0 atom stereocenters. The maximum absolute atomic E-state index is 12.3. The van der Waals surface area contributed by atoms with Gasteiger partial charge in [-0.15, -0.1) is 0 Å². The maximum Gasteiger partial charge on any atom is 0.255 e. The molecule has 124 valence electrons. The number of hydrogen-bond acceptors (Lipinski definition) is 4. The van der Waals surface area contributed by atoms with Crippen LogP contribution < -0.4 is 5.32 Å². The van der Waals surface area contributed by atoms with Crippen LogP contribution >= 0.6 is 0 Å². The van der Waals surface area contributed by atoms with Crippen molar-refractivity contribution >= 4 is 22.7 Å². The van der Waals surface area contributed by atoms with Gasteiger partial charge in [-0.05, 0) is 25.1 Å². The van der Waals surface area contributed by atoms with Crippen molar-refractivity contribution in [1.82, 2.24) is 4.98 Å². The fourth-order valence-corrected chi connectivity index (χ4v) is 2.28. The number of amides is 1. The number of oxazole rings is 1. The molecule has 0 saturated heterocycles. The van der Waals surface area contributed by atoms with Gasteiger partial charge in [0, 0.05) is 17.0 Å². The summed E-state index contributed by atoms with van der Waals surface area (Å²) in [7, 11) is 0. The summed E-state index contributed by atoms with van der Waals surface area (Å²) in [6, 6.07) is 10.3. The zero-order chi connectivity index (χ0) is 17.5. The van der Waals surface area contributed by atoms with Gasteiger partial charge >= 0.3 is 0 Å². The summed E-state index contributed by atoms with van der Waals surface area (Å²) in [5.74, 6) is 0.239. The van der Waals surface area contributed by atoms with Crippen LogP contribution in [-0.2, 0) is 5.41 Å². The number of nitrogens with zero attached hydrogens (tertiary/aromatic N) is 1. The summed E-state index contributed by atoms with van der Waals surface area (Å²) in [6.45, 7) is 7.95. The average molecular weight is 324 g/mol. The Morgan fingerprint density at radius 2 is 1.83 bits per heavy atom. The number of carbonyl (C=O) groups is 1. The van der Waals surface area contributed by atoms with Gasteiger partial charge in [-0.2, -0.15) is 0 Å². The van der Waals surface area contributed by atoms with E-state index in [1.165, 1.54) is 6.07 Å². The van der Waals surface area contributed by atoms with E-state index < -0.39 is 0 Å². The first kappa shape index (κ1) is 16.1. The number of hydrogen-bond donors (Lipinski definition) is 2. The first-order chi connectivity index (χ1) is 11.2. The van der Waals surface area contributed by atoms with E-state index in [2.05, 4.69) is 10.3 Å². The molecule has 0 bridgehead atoms. The molecular weight excluding hydrogens is 304 g/mol. The van der Waals surface area contributed by atoms with E-state index in [4.69, 9.17) is 4.42 Å². The molecule has 0 radical (unpaired) electrons. The predicted octanol–water partition coefficient (Wildman–Crippen LogP) is 4.39. The van der Waals surface area contributed by atoms with Gasteiger partial charge in [-0.25, -0.2) is 4.98 Å². The minimum Gasteiger partial charge on any atom is -0.506 e.